The quantitative estimate of drug-likeness (QED) is 0.521. The van der Waals surface area contributed by atoms with E-state index in [0.29, 0.717) is 31.0 Å². The highest BCUT2D eigenvalue weighted by atomic mass is 19.1. The van der Waals surface area contributed by atoms with Crippen molar-refractivity contribution >= 4 is 5.97 Å². The summed E-state index contributed by atoms with van der Waals surface area (Å²) in [4.78, 5) is 23.9. The Labute approximate surface area is 185 Å². The molecule has 0 aliphatic carbocycles. The van der Waals surface area contributed by atoms with Crippen LogP contribution in [0.3, 0.4) is 0 Å². The third kappa shape index (κ3) is 4.70. The molecule has 3 aromatic rings. The Morgan fingerprint density at radius 1 is 1.19 bits per heavy atom. The van der Waals surface area contributed by atoms with Gasteiger partial charge >= 0.3 is 5.97 Å². The molecule has 0 radical (unpaired) electrons. The first kappa shape index (κ1) is 22.1. The highest BCUT2D eigenvalue weighted by molar-refractivity contribution is 5.77. The molecular formula is C24H26F2N4O2. The smallest absolute Gasteiger partial charge is 0.313 e. The molecule has 0 spiro atoms. The van der Waals surface area contributed by atoms with Gasteiger partial charge in [0.1, 0.15) is 11.6 Å². The first-order valence-corrected chi connectivity index (χ1v) is 10.8. The van der Waals surface area contributed by atoms with E-state index < -0.39 is 17.0 Å². The normalized spacial score (nSPS) is 19.1. The van der Waals surface area contributed by atoms with Gasteiger partial charge in [-0.15, -0.1) is 0 Å². The number of rotatable bonds is 7. The fraction of sp³-hybridized carbons (Fsp3) is 0.375. The van der Waals surface area contributed by atoms with Gasteiger partial charge in [-0.1, -0.05) is 6.07 Å². The van der Waals surface area contributed by atoms with E-state index in [1.807, 2.05) is 22.9 Å². The van der Waals surface area contributed by atoms with E-state index >= 15 is 0 Å². The third-order valence-corrected chi connectivity index (χ3v) is 5.89. The van der Waals surface area contributed by atoms with Gasteiger partial charge in [0, 0.05) is 43.4 Å². The number of carbonyl (C=O) groups is 1. The molecule has 1 atom stereocenters. The van der Waals surface area contributed by atoms with E-state index in [1.54, 1.807) is 25.4 Å². The Morgan fingerprint density at radius 2 is 2.00 bits per heavy atom. The van der Waals surface area contributed by atoms with Gasteiger partial charge in [0.25, 0.3) is 0 Å². The molecule has 168 valence electrons. The van der Waals surface area contributed by atoms with Crippen LogP contribution < -0.4 is 0 Å². The van der Waals surface area contributed by atoms with Crippen molar-refractivity contribution in [3.05, 3.63) is 77.9 Å². The lowest BCUT2D eigenvalue weighted by Crippen LogP contribution is -2.49. The SMILES string of the molecule is CCOC(=O)C1(Cc2ccc(F)cc2F)CCCN(Cc2cccn2-c2ncccn2)C1. The van der Waals surface area contributed by atoms with Crippen LogP contribution in [0.1, 0.15) is 31.0 Å². The number of nitrogens with zero attached hydrogens (tertiary/aromatic N) is 4. The number of aromatic nitrogens is 3. The van der Waals surface area contributed by atoms with E-state index in [0.717, 1.165) is 24.7 Å². The molecule has 4 rings (SSSR count). The van der Waals surface area contributed by atoms with Crippen molar-refractivity contribution in [2.24, 2.45) is 5.41 Å². The van der Waals surface area contributed by atoms with Gasteiger partial charge in [-0.3, -0.25) is 14.3 Å². The summed E-state index contributed by atoms with van der Waals surface area (Å²) in [5, 5.41) is 0. The van der Waals surface area contributed by atoms with Crippen LogP contribution in [0.25, 0.3) is 5.95 Å². The molecule has 1 unspecified atom stereocenters. The maximum atomic E-state index is 14.4. The second-order valence-electron chi connectivity index (χ2n) is 8.15. The minimum atomic E-state index is -0.895. The average Bonchev–Trinajstić information content (AvgIpc) is 3.25. The zero-order valence-corrected chi connectivity index (χ0v) is 18.0. The minimum absolute atomic E-state index is 0.164. The number of hydrogen-bond acceptors (Lipinski definition) is 5. The summed E-state index contributed by atoms with van der Waals surface area (Å²) < 4.78 is 35.2. The maximum Gasteiger partial charge on any atom is 0.313 e. The number of carbonyl (C=O) groups excluding carboxylic acids is 1. The van der Waals surface area contributed by atoms with Crippen LogP contribution >= 0.6 is 0 Å². The largest absolute Gasteiger partial charge is 0.466 e. The minimum Gasteiger partial charge on any atom is -0.466 e. The van der Waals surface area contributed by atoms with Crippen molar-refractivity contribution in [3.63, 3.8) is 0 Å². The fourth-order valence-corrected chi connectivity index (χ4v) is 4.44. The molecule has 1 aliphatic heterocycles. The number of likely N-dealkylation sites (tertiary alicyclic amines) is 1. The van der Waals surface area contributed by atoms with Gasteiger partial charge < -0.3 is 4.74 Å². The third-order valence-electron chi connectivity index (χ3n) is 5.89. The van der Waals surface area contributed by atoms with E-state index in [9.17, 15) is 13.6 Å². The Bertz CT molecular complexity index is 1070. The molecule has 8 heteroatoms. The van der Waals surface area contributed by atoms with E-state index in [2.05, 4.69) is 14.9 Å². The van der Waals surface area contributed by atoms with Gasteiger partial charge in [-0.2, -0.15) is 0 Å². The van der Waals surface area contributed by atoms with Gasteiger partial charge in [0.2, 0.25) is 5.95 Å². The van der Waals surface area contributed by atoms with Gasteiger partial charge in [0.15, 0.2) is 0 Å². The number of benzene rings is 1. The van der Waals surface area contributed by atoms with Crippen LogP contribution in [-0.4, -0.2) is 45.1 Å². The number of hydrogen-bond donors (Lipinski definition) is 0. The van der Waals surface area contributed by atoms with Crippen molar-refractivity contribution in [3.8, 4) is 5.95 Å². The highest BCUT2D eigenvalue weighted by Gasteiger charge is 2.44. The summed E-state index contributed by atoms with van der Waals surface area (Å²) >= 11 is 0. The molecule has 1 saturated heterocycles. The molecule has 3 heterocycles. The lowest BCUT2D eigenvalue weighted by atomic mass is 9.75. The Morgan fingerprint density at radius 3 is 2.75 bits per heavy atom. The van der Waals surface area contributed by atoms with Gasteiger partial charge in [0.05, 0.1) is 12.0 Å². The predicted molar refractivity (Wildman–Crippen MR) is 115 cm³/mol. The molecular weight excluding hydrogens is 414 g/mol. The van der Waals surface area contributed by atoms with E-state index in [1.165, 1.54) is 12.1 Å². The molecule has 0 amide bonds. The first-order chi connectivity index (χ1) is 15.5. The van der Waals surface area contributed by atoms with Crippen molar-refractivity contribution in [2.45, 2.75) is 32.7 Å². The zero-order chi connectivity index (χ0) is 22.6. The zero-order valence-electron chi connectivity index (χ0n) is 18.0. The Kier molecular flexibility index (Phi) is 6.60. The standard InChI is InChI=1S/C24H26F2N4O2/c1-2-32-22(31)24(15-18-7-8-19(25)14-21(18)26)9-4-12-29(17-24)16-20-6-3-13-30(20)23-27-10-5-11-28-23/h3,5-8,10-11,13-14H,2,4,9,12,15-17H2,1H3. The number of halogens is 2. The van der Waals surface area contributed by atoms with Crippen molar-refractivity contribution in [1.29, 1.82) is 0 Å². The van der Waals surface area contributed by atoms with Crippen molar-refractivity contribution in [2.75, 3.05) is 19.7 Å². The number of ether oxygens (including phenoxy) is 1. The van der Waals surface area contributed by atoms with Gasteiger partial charge in [-0.05, 0) is 62.6 Å². The van der Waals surface area contributed by atoms with Crippen molar-refractivity contribution in [1.82, 2.24) is 19.4 Å². The number of piperidine rings is 1. The monoisotopic (exact) mass is 440 g/mol. The van der Waals surface area contributed by atoms with Crippen LogP contribution in [0, 0.1) is 17.0 Å². The summed E-state index contributed by atoms with van der Waals surface area (Å²) in [5.74, 6) is -1.03. The van der Waals surface area contributed by atoms with Crippen molar-refractivity contribution < 1.29 is 18.3 Å². The number of esters is 1. The lowest BCUT2D eigenvalue weighted by Gasteiger charge is -2.41. The summed E-state index contributed by atoms with van der Waals surface area (Å²) in [6, 6.07) is 9.20. The highest BCUT2D eigenvalue weighted by Crippen LogP contribution is 2.36. The molecule has 1 aromatic carbocycles. The van der Waals surface area contributed by atoms with Crippen LogP contribution in [0.5, 0.6) is 0 Å². The predicted octanol–water partition coefficient (Wildman–Crippen LogP) is 3.93. The summed E-state index contributed by atoms with van der Waals surface area (Å²) in [7, 11) is 0. The van der Waals surface area contributed by atoms with Crippen LogP contribution in [0.2, 0.25) is 0 Å². The average molecular weight is 440 g/mol. The van der Waals surface area contributed by atoms with Gasteiger partial charge in [-0.25, -0.2) is 18.7 Å². The summed E-state index contributed by atoms with van der Waals surface area (Å²) in [5.41, 5.74) is 0.416. The second kappa shape index (κ2) is 9.56. The Balaban J connectivity index is 1.58. The van der Waals surface area contributed by atoms with E-state index in [-0.39, 0.29) is 19.0 Å². The fourth-order valence-electron chi connectivity index (χ4n) is 4.44. The molecule has 0 saturated carbocycles. The summed E-state index contributed by atoms with van der Waals surface area (Å²) in [6.07, 6.45) is 6.80. The first-order valence-electron chi connectivity index (χ1n) is 10.8. The second-order valence-corrected chi connectivity index (χ2v) is 8.15. The van der Waals surface area contributed by atoms with Crippen LogP contribution in [-0.2, 0) is 22.5 Å². The Hall–Kier alpha value is -3.13. The topological polar surface area (TPSA) is 60.2 Å². The molecule has 2 aromatic heterocycles. The molecule has 6 nitrogen and oxygen atoms in total. The lowest BCUT2D eigenvalue weighted by molar-refractivity contribution is -0.159. The molecule has 0 N–H and O–H groups in total. The molecule has 0 bridgehead atoms. The molecule has 1 aliphatic rings. The van der Waals surface area contributed by atoms with E-state index in [4.69, 9.17) is 4.74 Å². The molecule has 32 heavy (non-hydrogen) atoms. The summed E-state index contributed by atoms with van der Waals surface area (Å²) in [6.45, 7) is 3.81. The van der Waals surface area contributed by atoms with Crippen LogP contribution in [0.15, 0.2) is 55.0 Å². The maximum absolute atomic E-state index is 14.4. The molecule has 1 fully saturated rings. The van der Waals surface area contributed by atoms with Crippen LogP contribution in [0.4, 0.5) is 8.78 Å².